The molecule has 2 N–H and O–H groups in total. The first-order valence-corrected chi connectivity index (χ1v) is 7.34. The SMILES string of the molecule is NCCCCCCC1CCN(C(=O)c2ccco2)C1. The highest BCUT2D eigenvalue weighted by molar-refractivity contribution is 5.91. The molecule has 0 bridgehead atoms. The Morgan fingerprint density at radius 3 is 2.95 bits per heavy atom. The van der Waals surface area contributed by atoms with Crippen LogP contribution in [-0.2, 0) is 0 Å². The molecule has 1 fully saturated rings. The molecule has 1 aliphatic rings. The first-order valence-electron chi connectivity index (χ1n) is 7.34. The van der Waals surface area contributed by atoms with Gasteiger partial charge in [-0.3, -0.25) is 4.79 Å². The van der Waals surface area contributed by atoms with Crippen molar-refractivity contribution >= 4 is 5.91 Å². The summed E-state index contributed by atoms with van der Waals surface area (Å²) in [5.41, 5.74) is 5.48. The maximum absolute atomic E-state index is 12.1. The second-order valence-electron chi connectivity index (χ2n) is 5.37. The third-order valence-corrected chi connectivity index (χ3v) is 3.87. The van der Waals surface area contributed by atoms with Gasteiger partial charge in [0.2, 0.25) is 0 Å². The van der Waals surface area contributed by atoms with Gasteiger partial charge in [0.05, 0.1) is 6.26 Å². The number of nitrogens with two attached hydrogens (primary N) is 1. The highest BCUT2D eigenvalue weighted by Crippen LogP contribution is 2.23. The Balaban J connectivity index is 1.67. The fourth-order valence-electron chi connectivity index (χ4n) is 2.74. The molecule has 1 aromatic heterocycles. The quantitative estimate of drug-likeness (QED) is 0.770. The Morgan fingerprint density at radius 2 is 2.21 bits per heavy atom. The number of nitrogens with zero attached hydrogens (tertiary/aromatic N) is 1. The second-order valence-corrected chi connectivity index (χ2v) is 5.37. The molecule has 2 heterocycles. The van der Waals surface area contributed by atoms with Crippen LogP contribution in [0.5, 0.6) is 0 Å². The molecule has 0 saturated carbocycles. The molecule has 0 aromatic carbocycles. The molecule has 1 amide bonds. The third-order valence-electron chi connectivity index (χ3n) is 3.87. The van der Waals surface area contributed by atoms with E-state index < -0.39 is 0 Å². The molecule has 1 atom stereocenters. The van der Waals surface area contributed by atoms with Crippen molar-refractivity contribution < 1.29 is 9.21 Å². The summed E-state index contributed by atoms with van der Waals surface area (Å²) in [6.45, 7) is 2.55. The molecule has 0 aliphatic carbocycles. The summed E-state index contributed by atoms with van der Waals surface area (Å²) < 4.78 is 5.17. The van der Waals surface area contributed by atoms with Crippen molar-refractivity contribution in [3.63, 3.8) is 0 Å². The molecule has 0 radical (unpaired) electrons. The summed E-state index contributed by atoms with van der Waals surface area (Å²) in [6.07, 6.45) is 8.80. The van der Waals surface area contributed by atoms with E-state index in [9.17, 15) is 4.79 Å². The zero-order chi connectivity index (χ0) is 13.5. The molecule has 106 valence electrons. The summed E-state index contributed by atoms with van der Waals surface area (Å²) in [4.78, 5) is 14.0. The van der Waals surface area contributed by atoms with Crippen molar-refractivity contribution in [1.82, 2.24) is 4.90 Å². The molecule has 4 nitrogen and oxygen atoms in total. The van der Waals surface area contributed by atoms with Crippen LogP contribution in [-0.4, -0.2) is 30.4 Å². The van der Waals surface area contributed by atoms with Crippen molar-refractivity contribution in [1.29, 1.82) is 0 Å². The predicted molar refractivity (Wildman–Crippen MR) is 74.9 cm³/mol. The lowest BCUT2D eigenvalue weighted by Gasteiger charge is -2.15. The highest BCUT2D eigenvalue weighted by atomic mass is 16.3. The number of rotatable bonds is 7. The molecular weight excluding hydrogens is 240 g/mol. The summed E-state index contributed by atoms with van der Waals surface area (Å²) in [5, 5.41) is 0. The number of furan rings is 1. The van der Waals surface area contributed by atoms with Gasteiger partial charge in [-0.1, -0.05) is 19.3 Å². The lowest BCUT2D eigenvalue weighted by molar-refractivity contribution is 0.0755. The van der Waals surface area contributed by atoms with Crippen molar-refractivity contribution in [3.8, 4) is 0 Å². The van der Waals surface area contributed by atoms with Gasteiger partial charge in [0, 0.05) is 13.1 Å². The lowest BCUT2D eigenvalue weighted by atomic mass is 10.00. The van der Waals surface area contributed by atoms with Crippen molar-refractivity contribution in [2.75, 3.05) is 19.6 Å². The predicted octanol–water partition coefficient (Wildman–Crippen LogP) is 2.65. The van der Waals surface area contributed by atoms with Gasteiger partial charge < -0.3 is 15.1 Å². The van der Waals surface area contributed by atoms with Crippen LogP contribution in [0.3, 0.4) is 0 Å². The van der Waals surface area contributed by atoms with Gasteiger partial charge in [-0.25, -0.2) is 0 Å². The van der Waals surface area contributed by atoms with Crippen LogP contribution < -0.4 is 5.73 Å². The van der Waals surface area contributed by atoms with Crippen LogP contribution in [0.15, 0.2) is 22.8 Å². The summed E-state index contributed by atoms with van der Waals surface area (Å²) >= 11 is 0. The molecule has 1 aromatic rings. The van der Waals surface area contributed by atoms with Gasteiger partial charge in [-0.2, -0.15) is 0 Å². The van der Waals surface area contributed by atoms with E-state index in [4.69, 9.17) is 10.2 Å². The van der Waals surface area contributed by atoms with Crippen LogP contribution in [0.25, 0.3) is 0 Å². The monoisotopic (exact) mass is 264 g/mol. The number of amides is 1. The van der Waals surface area contributed by atoms with E-state index >= 15 is 0 Å². The Morgan fingerprint density at radius 1 is 1.37 bits per heavy atom. The molecule has 1 unspecified atom stereocenters. The second kappa shape index (κ2) is 7.34. The molecule has 0 spiro atoms. The average Bonchev–Trinajstić information content (AvgIpc) is 3.09. The highest BCUT2D eigenvalue weighted by Gasteiger charge is 2.27. The molecule has 4 heteroatoms. The fraction of sp³-hybridized carbons (Fsp3) is 0.667. The first-order chi connectivity index (χ1) is 9.31. The number of carbonyl (C=O) groups excluding carboxylic acids is 1. The van der Waals surface area contributed by atoms with Crippen molar-refractivity contribution in [2.24, 2.45) is 11.7 Å². The minimum Gasteiger partial charge on any atom is -0.459 e. The molecule has 1 saturated heterocycles. The minimum absolute atomic E-state index is 0.0376. The van der Waals surface area contributed by atoms with Crippen molar-refractivity contribution in [3.05, 3.63) is 24.2 Å². The maximum Gasteiger partial charge on any atom is 0.289 e. The van der Waals surface area contributed by atoms with Crippen LogP contribution in [0.2, 0.25) is 0 Å². The van der Waals surface area contributed by atoms with Gasteiger partial charge in [-0.05, 0) is 43.9 Å². The van der Waals surface area contributed by atoms with Gasteiger partial charge in [0.1, 0.15) is 0 Å². The van der Waals surface area contributed by atoms with Crippen LogP contribution in [0.4, 0.5) is 0 Å². The van der Waals surface area contributed by atoms with E-state index in [0.29, 0.717) is 11.7 Å². The Kier molecular flexibility index (Phi) is 5.45. The molecular formula is C15H24N2O2. The van der Waals surface area contributed by atoms with E-state index in [0.717, 1.165) is 32.5 Å². The molecule has 1 aliphatic heterocycles. The lowest BCUT2D eigenvalue weighted by Crippen LogP contribution is -2.28. The van der Waals surface area contributed by atoms with Crippen LogP contribution in [0, 0.1) is 5.92 Å². The summed E-state index contributed by atoms with van der Waals surface area (Å²) in [6, 6.07) is 3.50. The standard InChI is InChI=1S/C15H24N2O2/c16-9-4-2-1-3-6-13-8-10-17(12-13)15(18)14-7-5-11-19-14/h5,7,11,13H,1-4,6,8-10,12,16H2. The fourth-order valence-corrected chi connectivity index (χ4v) is 2.74. The number of unbranched alkanes of at least 4 members (excludes halogenated alkanes) is 3. The topological polar surface area (TPSA) is 59.5 Å². The van der Waals surface area contributed by atoms with Crippen LogP contribution in [0.1, 0.15) is 49.1 Å². The Bertz CT molecular complexity index is 376. The summed E-state index contributed by atoms with van der Waals surface area (Å²) in [5.74, 6) is 1.16. The normalized spacial score (nSPS) is 19.0. The van der Waals surface area contributed by atoms with E-state index in [1.54, 1.807) is 18.4 Å². The van der Waals surface area contributed by atoms with E-state index in [1.807, 2.05) is 4.90 Å². The largest absolute Gasteiger partial charge is 0.459 e. The van der Waals surface area contributed by atoms with E-state index in [1.165, 1.54) is 25.7 Å². The van der Waals surface area contributed by atoms with Crippen molar-refractivity contribution in [2.45, 2.75) is 38.5 Å². The maximum atomic E-state index is 12.1. The zero-order valence-electron chi connectivity index (χ0n) is 11.5. The number of carbonyl (C=O) groups is 1. The minimum atomic E-state index is 0.0376. The number of hydrogen-bond donors (Lipinski definition) is 1. The average molecular weight is 264 g/mol. The third kappa shape index (κ3) is 4.10. The smallest absolute Gasteiger partial charge is 0.289 e. The number of likely N-dealkylation sites (tertiary alicyclic amines) is 1. The van der Waals surface area contributed by atoms with Gasteiger partial charge in [0.25, 0.3) is 5.91 Å². The van der Waals surface area contributed by atoms with Crippen LogP contribution >= 0.6 is 0 Å². The van der Waals surface area contributed by atoms with Gasteiger partial charge in [0.15, 0.2) is 5.76 Å². The first kappa shape index (κ1) is 14.1. The molecule has 19 heavy (non-hydrogen) atoms. The molecule has 2 rings (SSSR count). The Labute approximate surface area is 114 Å². The van der Waals surface area contributed by atoms with Gasteiger partial charge in [-0.15, -0.1) is 0 Å². The Hall–Kier alpha value is -1.29. The summed E-state index contributed by atoms with van der Waals surface area (Å²) in [7, 11) is 0. The van der Waals surface area contributed by atoms with Gasteiger partial charge >= 0.3 is 0 Å². The zero-order valence-corrected chi connectivity index (χ0v) is 11.5. The number of hydrogen-bond acceptors (Lipinski definition) is 3. The van der Waals surface area contributed by atoms with E-state index in [-0.39, 0.29) is 5.91 Å². The van der Waals surface area contributed by atoms with E-state index in [2.05, 4.69) is 0 Å².